The lowest BCUT2D eigenvalue weighted by molar-refractivity contribution is -0.183. The zero-order valence-corrected chi connectivity index (χ0v) is 10.8. The average Bonchev–Trinajstić information content (AvgIpc) is 2.78. The highest BCUT2D eigenvalue weighted by molar-refractivity contribution is 5.74. The van der Waals surface area contributed by atoms with Gasteiger partial charge in [-0.05, 0) is 20.3 Å². The molecular weight excluding hydrogens is 220 g/mol. The molecule has 98 valence electrons. The summed E-state index contributed by atoms with van der Waals surface area (Å²) in [6, 6.07) is 0.105. The largest absolute Gasteiger partial charge is 0.346 e. The Labute approximate surface area is 103 Å². The van der Waals surface area contributed by atoms with Gasteiger partial charge in [0.25, 0.3) is 0 Å². The Morgan fingerprint density at radius 3 is 2.53 bits per heavy atom. The monoisotopic (exact) mass is 242 g/mol. The standard InChI is InChI=1S/C12H22N2O3/c1-3-13(4-2)11(15)14-7-5-6-12(10-14)16-8-9-17-12/h3-10H2,1-2H3. The Hall–Kier alpha value is -0.810. The van der Waals surface area contributed by atoms with Crippen LogP contribution in [0.2, 0.25) is 0 Å². The molecule has 0 unspecified atom stereocenters. The van der Waals surface area contributed by atoms with E-state index in [1.54, 1.807) is 0 Å². The second-order valence-electron chi connectivity index (χ2n) is 4.59. The molecule has 2 heterocycles. The number of amides is 2. The van der Waals surface area contributed by atoms with Crippen molar-refractivity contribution in [2.75, 3.05) is 39.4 Å². The quantitative estimate of drug-likeness (QED) is 0.732. The predicted molar refractivity (Wildman–Crippen MR) is 63.8 cm³/mol. The Bertz CT molecular complexity index is 273. The predicted octanol–water partition coefficient (Wildman–Crippen LogP) is 1.29. The van der Waals surface area contributed by atoms with Crippen molar-refractivity contribution in [3.05, 3.63) is 0 Å². The van der Waals surface area contributed by atoms with Crippen LogP contribution < -0.4 is 0 Å². The van der Waals surface area contributed by atoms with Crippen LogP contribution in [0.5, 0.6) is 0 Å². The lowest BCUT2D eigenvalue weighted by Crippen LogP contribution is -2.54. The van der Waals surface area contributed by atoms with E-state index >= 15 is 0 Å². The van der Waals surface area contributed by atoms with Crippen LogP contribution in [0.15, 0.2) is 0 Å². The van der Waals surface area contributed by atoms with Crippen molar-refractivity contribution >= 4 is 6.03 Å². The smallest absolute Gasteiger partial charge is 0.320 e. The van der Waals surface area contributed by atoms with Crippen molar-refractivity contribution in [3.63, 3.8) is 0 Å². The van der Waals surface area contributed by atoms with Crippen LogP contribution in [0.1, 0.15) is 26.7 Å². The summed E-state index contributed by atoms with van der Waals surface area (Å²) in [6.07, 6.45) is 1.85. The molecule has 0 aromatic rings. The molecule has 2 saturated heterocycles. The van der Waals surface area contributed by atoms with Gasteiger partial charge < -0.3 is 19.3 Å². The van der Waals surface area contributed by atoms with Crippen molar-refractivity contribution in [1.82, 2.24) is 9.80 Å². The summed E-state index contributed by atoms with van der Waals surface area (Å²) in [5, 5.41) is 0. The van der Waals surface area contributed by atoms with Crippen molar-refractivity contribution in [2.24, 2.45) is 0 Å². The molecule has 5 heteroatoms. The zero-order chi connectivity index (χ0) is 12.3. The van der Waals surface area contributed by atoms with Gasteiger partial charge in [0.05, 0.1) is 19.8 Å². The van der Waals surface area contributed by atoms with E-state index in [0.29, 0.717) is 19.8 Å². The molecule has 0 atom stereocenters. The summed E-state index contributed by atoms with van der Waals surface area (Å²) in [5.74, 6) is -0.513. The van der Waals surface area contributed by atoms with Crippen molar-refractivity contribution < 1.29 is 14.3 Å². The van der Waals surface area contributed by atoms with Gasteiger partial charge in [-0.1, -0.05) is 0 Å². The molecule has 1 spiro atoms. The van der Waals surface area contributed by atoms with Crippen LogP contribution >= 0.6 is 0 Å². The number of hydrogen-bond donors (Lipinski definition) is 0. The number of rotatable bonds is 2. The second-order valence-corrected chi connectivity index (χ2v) is 4.59. The molecule has 0 saturated carbocycles. The van der Waals surface area contributed by atoms with E-state index in [0.717, 1.165) is 32.5 Å². The minimum atomic E-state index is -0.513. The summed E-state index contributed by atoms with van der Waals surface area (Å²) in [7, 11) is 0. The lowest BCUT2D eigenvalue weighted by atomic mass is 10.1. The van der Waals surface area contributed by atoms with E-state index in [1.807, 2.05) is 23.6 Å². The van der Waals surface area contributed by atoms with Gasteiger partial charge in [0.2, 0.25) is 0 Å². The summed E-state index contributed by atoms with van der Waals surface area (Å²) >= 11 is 0. The summed E-state index contributed by atoms with van der Waals surface area (Å²) in [4.78, 5) is 15.9. The van der Waals surface area contributed by atoms with Crippen molar-refractivity contribution in [2.45, 2.75) is 32.5 Å². The second kappa shape index (κ2) is 5.23. The SMILES string of the molecule is CCN(CC)C(=O)N1CCCC2(C1)OCCO2. The summed E-state index contributed by atoms with van der Waals surface area (Å²) < 4.78 is 11.3. The number of likely N-dealkylation sites (tertiary alicyclic amines) is 1. The minimum Gasteiger partial charge on any atom is -0.346 e. The van der Waals surface area contributed by atoms with E-state index in [1.165, 1.54) is 0 Å². The zero-order valence-electron chi connectivity index (χ0n) is 10.8. The fraction of sp³-hybridized carbons (Fsp3) is 0.917. The van der Waals surface area contributed by atoms with Crippen LogP contribution in [-0.2, 0) is 9.47 Å². The number of ether oxygens (including phenoxy) is 2. The third-order valence-electron chi connectivity index (χ3n) is 3.54. The Morgan fingerprint density at radius 1 is 1.29 bits per heavy atom. The van der Waals surface area contributed by atoms with Gasteiger partial charge in [-0.2, -0.15) is 0 Å². The lowest BCUT2D eigenvalue weighted by Gasteiger charge is -2.40. The van der Waals surface area contributed by atoms with E-state index in [-0.39, 0.29) is 6.03 Å². The van der Waals surface area contributed by atoms with Gasteiger partial charge in [0, 0.05) is 26.1 Å². The van der Waals surface area contributed by atoms with Crippen LogP contribution in [-0.4, -0.2) is 61.0 Å². The minimum absolute atomic E-state index is 0.105. The highest BCUT2D eigenvalue weighted by Gasteiger charge is 2.42. The fourth-order valence-corrected chi connectivity index (χ4v) is 2.58. The molecular formula is C12H22N2O3. The highest BCUT2D eigenvalue weighted by atomic mass is 16.7. The number of urea groups is 1. The Kier molecular flexibility index (Phi) is 3.89. The molecule has 2 amide bonds. The summed E-state index contributed by atoms with van der Waals surface area (Å²) in [5.41, 5.74) is 0. The Balaban J connectivity index is 1.99. The number of nitrogens with zero attached hydrogens (tertiary/aromatic N) is 2. The number of carbonyl (C=O) groups is 1. The third kappa shape index (κ3) is 2.55. The van der Waals surface area contributed by atoms with Gasteiger partial charge >= 0.3 is 6.03 Å². The number of hydrogen-bond acceptors (Lipinski definition) is 3. The van der Waals surface area contributed by atoms with Gasteiger partial charge in [0.15, 0.2) is 5.79 Å². The molecule has 0 N–H and O–H groups in total. The maximum atomic E-state index is 12.2. The fourth-order valence-electron chi connectivity index (χ4n) is 2.58. The van der Waals surface area contributed by atoms with Crippen molar-refractivity contribution in [1.29, 1.82) is 0 Å². The molecule has 0 aliphatic carbocycles. The number of carbonyl (C=O) groups excluding carboxylic acids is 1. The molecule has 2 aliphatic rings. The van der Waals surface area contributed by atoms with Crippen LogP contribution in [0.4, 0.5) is 4.79 Å². The molecule has 17 heavy (non-hydrogen) atoms. The van der Waals surface area contributed by atoms with Crippen LogP contribution in [0.25, 0.3) is 0 Å². The van der Waals surface area contributed by atoms with Crippen LogP contribution in [0, 0.1) is 0 Å². The summed E-state index contributed by atoms with van der Waals surface area (Å²) in [6.45, 7) is 8.18. The molecule has 0 aromatic heterocycles. The topological polar surface area (TPSA) is 42.0 Å². The van der Waals surface area contributed by atoms with Gasteiger partial charge in [-0.3, -0.25) is 0 Å². The molecule has 0 bridgehead atoms. The molecule has 2 rings (SSSR count). The maximum Gasteiger partial charge on any atom is 0.320 e. The molecule has 0 aromatic carbocycles. The molecule has 2 aliphatic heterocycles. The third-order valence-corrected chi connectivity index (χ3v) is 3.54. The van der Waals surface area contributed by atoms with Crippen molar-refractivity contribution in [3.8, 4) is 0 Å². The number of piperidine rings is 1. The van der Waals surface area contributed by atoms with Crippen LogP contribution in [0.3, 0.4) is 0 Å². The van der Waals surface area contributed by atoms with E-state index < -0.39 is 5.79 Å². The molecule has 5 nitrogen and oxygen atoms in total. The maximum absolute atomic E-state index is 12.2. The molecule has 0 radical (unpaired) electrons. The van der Waals surface area contributed by atoms with Gasteiger partial charge in [-0.15, -0.1) is 0 Å². The van der Waals surface area contributed by atoms with Gasteiger partial charge in [-0.25, -0.2) is 4.79 Å². The first kappa shape index (κ1) is 12.6. The van der Waals surface area contributed by atoms with Gasteiger partial charge in [0.1, 0.15) is 0 Å². The van der Waals surface area contributed by atoms with E-state index in [2.05, 4.69) is 0 Å². The normalized spacial score (nSPS) is 23.1. The Morgan fingerprint density at radius 2 is 1.94 bits per heavy atom. The average molecular weight is 242 g/mol. The first-order chi connectivity index (χ1) is 8.21. The van der Waals surface area contributed by atoms with E-state index in [4.69, 9.17) is 9.47 Å². The highest BCUT2D eigenvalue weighted by Crippen LogP contribution is 2.30. The first-order valence-corrected chi connectivity index (χ1v) is 6.52. The first-order valence-electron chi connectivity index (χ1n) is 6.52. The van der Waals surface area contributed by atoms with E-state index in [9.17, 15) is 4.79 Å². The molecule has 2 fully saturated rings.